The topological polar surface area (TPSA) is 167 Å². The molecule has 0 spiro atoms. The Morgan fingerprint density at radius 1 is 1.27 bits per heavy atom. The lowest BCUT2D eigenvalue weighted by molar-refractivity contribution is -0.870. The van der Waals surface area contributed by atoms with Gasteiger partial charge >= 0.3 is 7.82 Å². The van der Waals surface area contributed by atoms with Gasteiger partial charge in [-0.25, -0.2) is 18.0 Å². The molecule has 0 saturated heterocycles. The maximum atomic E-state index is 12.7. The summed E-state index contributed by atoms with van der Waals surface area (Å²) < 4.78 is 46.0. The van der Waals surface area contributed by atoms with E-state index in [4.69, 9.17) is 25.8 Å². The Labute approximate surface area is 194 Å². The second-order valence-electron chi connectivity index (χ2n) is 7.51. The number of nitrogens with zero attached hydrogens (tertiary/aromatic N) is 4. The first kappa shape index (κ1) is 30.6. The molecule has 184 valence electrons. The van der Waals surface area contributed by atoms with E-state index in [0.29, 0.717) is 11.0 Å². The number of aliphatic hydroxyl groups excluding tert-OH is 1. The van der Waals surface area contributed by atoms with Crippen molar-refractivity contribution >= 4 is 23.6 Å². The number of carbonyl (C=O) groups excluding carboxylic acids is 1. The van der Waals surface area contributed by atoms with E-state index in [1.807, 2.05) is 21.1 Å². The number of rotatable bonds is 11. The largest absolute Gasteiger partial charge is 0.472 e. The minimum Gasteiger partial charge on any atom is -0.400 e. The summed E-state index contributed by atoms with van der Waals surface area (Å²) in [4.78, 5) is 27.4. The van der Waals surface area contributed by atoms with E-state index < -0.39 is 28.6 Å². The summed E-state index contributed by atoms with van der Waals surface area (Å²) in [5.41, 5.74) is -0.445. The first-order chi connectivity index (χ1) is 15.2. The summed E-state index contributed by atoms with van der Waals surface area (Å²) >= 11 is 0. The molecule has 0 aliphatic rings. The molecule has 0 aliphatic heterocycles. The van der Waals surface area contributed by atoms with Crippen LogP contribution in [-0.4, -0.2) is 106 Å². The number of hydrogen-bond acceptors (Lipinski definition) is 9. The van der Waals surface area contributed by atoms with Crippen LogP contribution in [0.4, 0.5) is 0 Å². The highest BCUT2D eigenvalue weighted by Gasteiger charge is 2.25. The Bertz CT molecular complexity index is 1040. The van der Waals surface area contributed by atoms with Gasteiger partial charge in [-0.15, -0.1) is 6.42 Å². The molecule has 1 amide bonds. The molecule has 1 heterocycles. The fourth-order valence-corrected chi connectivity index (χ4v) is 3.66. The molecular formula is C19H30N4O8PS+. The van der Waals surface area contributed by atoms with Crippen LogP contribution in [0.25, 0.3) is 0 Å². The lowest BCUT2D eigenvalue weighted by atomic mass is 10.2. The molecule has 1 aromatic heterocycles. The van der Waals surface area contributed by atoms with Crippen LogP contribution in [0.1, 0.15) is 16.1 Å². The number of aliphatic hydroxyl groups is 1. The number of aromatic nitrogens is 1. The van der Waals surface area contributed by atoms with Crippen molar-refractivity contribution in [2.24, 2.45) is 0 Å². The lowest BCUT2D eigenvalue weighted by Crippen LogP contribution is -2.37. The highest BCUT2D eigenvalue weighted by atomic mass is 32.2. The Kier molecular flexibility index (Phi) is 12.4. The number of phosphoric acid groups is 1. The molecule has 0 bridgehead atoms. The van der Waals surface area contributed by atoms with Gasteiger partial charge in [0, 0.05) is 19.9 Å². The van der Waals surface area contributed by atoms with Crippen molar-refractivity contribution < 1.29 is 41.3 Å². The third-order valence-electron chi connectivity index (χ3n) is 3.75. The number of hydrogen-bond donors (Lipinski definition) is 2. The van der Waals surface area contributed by atoms with Gasteiger partial charge in [0.15, 0.2) is 14.9 Å². The summed E-state index contributed by atoms with van der Waals surface area (Å²) in [7, 11) is -1.51. The normalized spacial score (nSPS) is 13.0. The average molecular weight is 506 g/mol. The SMILES string of the molecule is C#CCN(CCOP(=O)(O)OCC[N+](C)(C)C)C(=O)c1ccc(C#N)c(S(C)(=O)=O)n1.CO. The van der Waals surface area contributed by atoms with Crippen molar-refractivity contribution in [1.29, 1.82) is 5.26 Å². The average Bonchev–Trinajstić information content (AvgIpc) is 2.71. The van der Waals surface area contributed by atoms with Gasteiger partial charge < -0.3 is 19.4 Å². The van der Waals surface area contributed by atoms with E-state index in [-0.39, 0.29) is 37.6 Å². The maximum Gasteiger partial charge on any atom is 0.472 e. The van der Waals surface area contributed by atoms with Crippen LogP contribution in [0.3, 0.4) is 0 Å². The number of terminal acetylenes is 1. The van der Waals surface area contributed by atoms with Crippen LogP contribution in [0.15, 0.2) is 17.2 Å². The van der Waals surface area contributed by atoms with Gasteiger partial charge in [0.05, 0.1) is 39.9 Å². The predicted octanol–water partition coefficient (Wildman–Crippen LogP) is -0.120. The van der Waals surface area contributed by atoms with Crippen molar-refractivity contribution in [2.45, 2.75) is 5.03 Å². The summed E-state index contributed by atoms with van der Waals surface area (Å²) in [5.74, 6) is 1.54. The molecule has 1 unspecified atom stereocenters. The van der Waals surface area contributed by atoms with E-state index in [2.05, 4.69) is 10.9 Å². The van der Waals surface area contributed by atoms with Crippen LogP contribution in [0.5, 0.6) is 0 Å². The highest BCUT2D eigenvalue weighted by molar-refractivity contribution is 7.90. The molecule has 12 nitrogen and oxygen atoms in total. The molecule has 0 radical (unpaired) electrons. The fraction of sp³-hybridized carbons (Fsp3) is 0.526. The van der Waals surface area contributed by atoms with Crippen LogP contribution >= 0.6 is 7.82 Å². The van der Waals surface area contributed by atoms with E-state index in [1.165, 1.54) is 12.1 Å². The molecule has 0 fully saturated rings. The van der Waals surface area contributed by atoms with Gasteiger partial charge in [0.25, 0.3) is 5.91 Å². The summed E-state index contributed by atoms with van der Waals surface area (Å²) in [6, 6.07) is 4.08. The quantitative estimate of drug-likeness (QED) is 0.235. The van der Waals surface area contributed by atoms with Crippen LogP contribution in [0, 0.1) is 23.7 Å². The van der Waals surface area contributed by atoms with E-state index in [9.17, 15) is 22.7 Å². The predicted molar refractivity (Wildman–Crippen MR) is 120 cm³/mol. The van der Waals surface area contributed by atoms with E-state index >= 15 is 0 Å². The van der Waals surface area contributed by atoms with Crippen LogP contribution in [0.2, 0.25) is 0 Å². The van der Waals surface area contributed by atoms with Crippen molar-refractivity contribution in [1.82, 2.24) is 9.88 Å². The Morgan fingerprint density at radius 3 is 2.33 bits per heavy atom. The lowest BCUT2D eigenvalue weighted by Gasteiger charge is -2.24. The third kappa shape index (κ3) is 11.4. The second kappa shape index (κ2) is 13.4. The van der Waals surface area contributed by atoms with Crippen LogP contribution in [-0.2, 0) is 23.4 Å². The molecule has 0 aliphatic carbocycles. The zero-order valence-electron chi connectivity index (χ0n) is 19.3. The van der Waals surface area contributed by atoms with Crippen molar-refractivity contribution in [3.63, 3.8) is 0 Å². The first-order valence-electron chi connectivity index (χ1n) is 9.41. The van der Waals surface area contributed by atoms with Crippen molar-refractivity contribution in [3.8, 4) is 18.4 Å². The van der Waals surface area contributed by atoms with Crippen molar-refractivity contribution in [2.75, 3.05) is 67.4 Å². The minimum atomic E-state index is -4.33. The zero-order valence-corrected chi connectivity index (χ0v) is 21.0. The van der Waals surface area contributed by atoms with Gasteiger partial charge in [0.2, 0.25) is 0 Å². The zero-order chi connectivity index (χ0) is 25.9. The molecule has 33 heavy (non-hydrogen) atoms. The summed E-state index contributed by atoms with van der Waals surface area (Å²) in [6.45, 7) is -0.254. The minimum absolute atomic E-state index is 0.00624. The molecular weight excluding hydrogens is 475 g/mol. The number of nitriles is 1. The standard InChI is InChI=1S/C18H25N4O7PS.CH4O/c1-6-9-21(10-12-28-30(24,25)29-13-11-22(2,3)4)18(23)16-8-7-15(14-19)17(20-16)31(5,26)27;1-2/h1,7-8H,9-13H2,2-5H3;2H,1H3/p+1. The number of phosphoric ester groups is 1. The first-order valence-corrected chi connectivity index (χ1v) is 12.8. The molecule has 14 heteroatoms. The number of carbonyl (C=O) groups is 1. The highest BCUT2D eigenvalue weighted by Crippen LogP contribution is 2.42. The number of sulfone groups is 1. The number of quaternary nitrogens is 1. The Balaban J connectivity index is 0.00000497. The number of amides is 1. The fourth-order valence-electron chi connectivity index (χ4n) is 2.19. The second-order valence-corrected chi connectivity index (χ2v) is 10.9. The third-order valence-corrected chi connectivity index (χ3v) is 5.78. The van der Waals surface area contributed by atoms with Gasteiger partial charge in [-0.1, -0.05) is 5.92 Å². The Morgan fingerprint density at radius 2 is 1.85 bits per heavy atom. The molecule has 1 rings (SSSR count). The molecule has 2 N–H and O–H groups in total. The number of likely N-dealkylation sites (N-methyl/N-ethyl adjacent to an activating group) is 1. The smallest absolute Gasteiger partial charge is 0.400 e. The monoisotopic (exact) mass is 505 g/mol. The number of pyridine rings is 1. The van der Waals surface area contributed by atoms with Gasteiger partial charge in [-0.3, -0.25) is 13.8 Å². The summed E-state index contributed by atoms with van der Waals surface area (Å²) in [6.07, 6.45) is 6.15. The summed E-state index contributed by atoms with van der Waals surface area (Å²) in [5, 5.41) is 15.5. The van der Waals surface area contributed by atoms with Gasteiger partial charge in [-0.05, 0) is 12.1 Å². The maximum absolute atomic E-state index is 12.7. The van der Waals surface area contributed by atoms with Crippen LogP contribution < -0.4 is 0 Å². The van der Waals surface area contributed by atoms with E-state index in [0.717, 1.165) is 18.3 Å². The van der Waals surface area contributed by atoms with Gasteiger partial charge in [-0.2, -0.15) is 5.26 Å². The van der Waals surface area contributed by atoms with Crippen molar-refractivity contribution in [3.05, 3.63) is 23.4 Å². The molecule has 1 atom stereocenters. The molecule has 0 aromatic carbocycles. The molecule has 1 aromatic rings. The van der Waals surface area contributed by atoms with E-state index in [1.54, 1.807) is 6.07 Å². The van der Waals surface area contributed by atoms with Gasteiger partial charge in [0.1, 0.15) is 24.9 Å². The molecule has 0 saturated carbocycles. The Hall–Kier alpha value is -2.35.